The van der Waals surface area contributed by atoms with E-state index in [-0.39, 0.29) is 6.04 Å². The Hall–Kier alpha value is 0.1000. The highest BCUT2D eigenvalue weighted by Crippen LogP contribution is 2.30. The van der Waals surface area contributed by atoms with Crippen molar-refractivity contribution >= 4 is 27.3 Å². The highest BCUT2D eigenvalue weighted by Gasteiger charge is 2.25. The molecule has 1 atom stereocenters. The summed E-state index contributed by atoms with van der Waals surface area (Å²) >= 11 is 4.89. The SMILES string of the molecule is CC(C)(O)C(N)c1cc(Br)cs1. The second kappa shape index (κ2) is 3.46. The lowest BCUT2D eigenvalue weighted by atomic mass is 9.99. The largest absolute Gasteiger partial charge is 0.388 e. The number of hydrogen-bond acceptors (Lipinski definition) is 3. The molecule has 68 valence electrons. The molecule has 4 heteroatoms. The van der Waals surface area contributed by atoms with Crippen LogP contribution in [-0.2, 0) is 0 Å². The average Bonchev–Trinajstić information content (AvgIpc) is 2.32. The molecular formula is C8H12BrNOS. The highest BCUT2D eigenvalue weighted by atomic mass is 79.9. The molecule has 0 aliphatic carbocycles. The monoisotopic (exact) mass is 249 g/mol. The second-order valence-electron chi connectivity index (χ2n) is 3.30. The van der Waals surface area contributed by atoms with E-state index in [2.05, 4.69) is 15.9 Å². The van der Waals surface area contributed by atoms with Gasteiger partial charge in [0.15, 0.2) is 0 Å². The molecule has 1 unspecified atom stereocenters. The van der Waals surface area contributed by atoms with Crippen LogP contribution < -0.4 is 5.73 Å². The van der Waals surface area contributed by atoms with E-state index >= 15 is 0 Å². The third-order valence-corrected chi connectivity index (χ3v) is 3.43. The Morgan fingerprint density at radius 3 is 2.58 bits per heavy atom. The number of aliphatic hydroxyl groups is 1. The fourth-order valence-corrected chi connectivity index (χ4v) is 2.46. The Labute approximate surface area is 84.5 Å². The van der Waals surface area contributed by atoms with Gasteiger partial charge in [0.05, 0.1) is 11.6 Å². The maximum Gasteiger partial charge on any atom is 0.0791 e. The maximum absolute atomic E-state index is 9.62. The predicted octanol–water partition coefficient (Wildman–Crippen LogP) is 2.28. The van der Waals surface area contributed by atoms with Crippen molar-refractivity contribution in [2.75, 3.05) is 0 Å². The van der Waals surface area contributed by atoms with Crippen LogP contribution in [0.2, 0.25) is 0 Å². The van der Waals surface area contributed by atoms with Crippen LogP contribution in [0.4, 0.5) is 0 Å². The van der Waals surface area contributed by atoms with Gasteiger partial charge in [-0.1, -0.05) is 0 Å². The molecule has 1 aromatic rings. The summed E-state index contributed by atoms with van der Waals surface area (Å²) in [6.45, 7) is 3.43. The van der Waals surface area contributed by atoms with Crippen molar-refractivity contribution in [1.82, 2.24) is 0 Å². The highest BCUT2D eigenvalue weighted by molar-refractivity contribution is 9.10. The number of rotatable bonds is 2. The minimum atomic E-state index is -0.857. The molecule has 2 nitrogen and oxygen atoms in total. The zero-order valence-electron chi connectivity index (χ0n) is 7.04. The van der Waals surface area contributed by atoms with Crippen LogP contribution in [0, 0.1) is 0 Å². The van der Waals surface area contributed by atoms with E-state index in [1.165, 1.54) is 0 Å². The van der Waals surface area contributed by atoms with E-state index in [4.69, 9.17) is 5.73 Å². The lowest BCUT2D eigenvalue weighted by Crippen LogP contribution is -2.34. The Kier molecular flexibility index (Phi) is 2.93. The van der Waals surface area contributed by atoms with Gasteiger partial charge in [0, 0.05) is 14.7 Å². The molecule has 0 saturated heterocycles. The first kappa shape index (κ1) is 10.2. The van der Waals surface area contributed by atoms with E-state index in [0.717, 1.165) is 9.35 Å². The molecule has 0 saturated carbocycles. The number of halogens is 1. The summed E-state index contributed by atoms with van der Waals surface area (Å²) in [5.74, 6) is 0. The summed E-state index contributed by atoms with van der Waals surface area (Å²) in [6, 6.07) is 1.63. The summed E-state index contributed by atoms with van der Waals surface area (Å²) in [6.07, 6.45) is 0. The van der Waals surface area contributed by atoms with Crippen molar-refractivity contribution in [1.29, 1.82) is 0 Å². The fraction of sp³-hybridized carbons (Fsp3) is 0.500. The van der Waals surface area contributed by atoms with Crippen LogP contribution in [0.5, 0.6) is 0 Å². The molecule has 0 aromatic carbocycles. The Morgan fingerprint density at radius 1 is 1.67 bits per heavy atom. The van der Waals surface area contributed by atoms with Crippen molar-refractivity contribution in [3.8, 4) is 0 Å². The van der Waals surface area contributed by atoms with E-state index in [1.54, 1.807) is 25.2 Å². The molecule has 3 N–H and O–H groups in total. The molecule has 0 bridgehead atoms. The van der Waals surface area contributed by atoms with E-state index in [0.29, 0.717) is 0 Å². The number of nitrogens with two attached hydrogens (primary N) is 1. The molecule has 12 heavy (non-hydrogen) atoms. The van der Waals surface area contributed by atoms with E-state index in [9.17, 15) is 5.11 Å². The fourth-order valence-electron chi connectivity index (χ4n) is 0.839. The van der Waals surface area contributed by atoms with Gasteiger partial charge in [0.1, 0.15) is 0 Å². The summed E-state index contributed by atoms with van der Waals surface area (Å²) in [5, 5.41) is 11.6. The van der Waals surface area contributed by atoms with Crippen LogP contribution in [0.3, 0.4) is 0 Å². The smallest absolute Gasteiger partial charge is 0.0791 e. The first-order chi connectivity index (χ1) is 5.41. The van der Waals surface area contributed by atoms with E-state index in [1.807, 2.05) is 11.4 Å². The predicted molar refractivity (Wildman–Crippen MR) is 55.2 cm³/mol. The molecule has 0 aliphatic rings. The molecule has 0 fully saturated rings. The molecule has 1 rings (SSSR count). The molecule has 1 heterocycles. The third-order valence-electron chi connectivity index (χ3n) is 1.66. The molecule has 0 amide bonds. The normalized spacial score (nSPS) is 14.8. The van der Waals surface area contributed by atoms with Gasteiger partial charge in [-0.25, -0.2) is 0 Å². The van der Waals surface area contributed by atoms with Gasteiger partial charge < -0.3 is 10.8 Å². The molecule has 0 aliphatic heterocycles. The first-order valence-electron chi connectivity index (χ1n) is 3.63. The van der Waals surface area contributed by atoms with Crippen molar-refractivity contribution in [3.05, 3.63) is 20.8 Å². The number of thiophene rings is 1. The lowest BCUT2D eigenvalue weighted by molar-refractivity contribution is 0.0529. The topological polar surface area (TPSA) is 46.2 Å². The first-order valence-corrected chi connectivity index (χ1v) is 5.30. The maximum atomic E-state index is 9.62. The molecule has 0 spiro atoms. The summed E-state index contributed by atoms with van der Waals surface area (Å²) < 4.78 is 1.02. The van der Waals surface area contributed by atoms with Crippen LogP contribution in [0.25, 0.3) is 0 Å². The molecule has 0 radical (unpaired) electrons. The quantitative estimate of drug-likeness (QED) is 0.845. The van der Waals surface area contributed by atoms with Gasteiger partial charge in [-0.05, 0) is 35.8 Å². The lowest BCUT2D eigenvalue weighted by Gasteiger charge is -2.24. The average molecular weight is 250 g/mol. The van der Waals surface area contributed by atoms with Gasteiger partial charge in [0.2, 0.25) is 0 Å². The minimum absolute atomic E-state index is 0.311. The Bertz CT molecular complexity index is 266. The summed E-state index contributed by atoms with van der Waals surface area (Å²) in [7, 11) is 0. The van der Waals surface area contributed by atoms with Crippen LogP contribution in [0.1, 0.15) is 24.8 Å². The van der Waals surface area contributed by atoms with E-state index < -0.39 is 5.60 Å². The molecular weight excluding hydrogens is 238 g/mol. The summed E-state index contributed by atoms with van der Waals surface area (Å²) in [5.41, 5.74) is 4.97. The second-order valence-corrected chi connectivity index (χ2v) is 5.16. The molecule has 1 aromatic heterocycles. The van der Waals surface area contributed by atoms with Gasteiger partial charge in [-0.15, -0.1) is 11.3 Å². The third kappa shape index (κ3) is 2.29. The van der Waals surface area contributed by atoms with Gasteiger partial charge in [0.25, 0.3) is 0 Å². The standard InChI is InChI=1S/C8H12BrNOS/c1-8(2,11)7(10)6-3-5(9)4-12-6/h3-4,7,11H,10H2,1-2H3. The van der Waals surface area contributed by atoms with Crippen molar-refractivity contribution < 1.29 is 5.11 Å². The zero-order valence-corrected chi connectivity index (χ0v) is 9.45. The summed E-state index contributed by atoms with van der Waals surface area (Å²) in [4.78, 5) is 0.995. The van der Waals surface area contributed by atoms with Crippen LogP contribution in [-0.4, -0.2) is 10.7 Å². The Morgan fingerprint density at radius 2 is 2.25 bits per heavy atom. The Balaban J connectivity index is 2.85. The minimum Gasteiger partial charge on any atom is -0.388 e. The zero-order chi connectivity index (χ0) is 9.35. The van der Waals surface area contributed by atoms with Gasteiger partial charge in [-0.2, -0.15) is 0 Å². The number of hydrogen-bond donors (Lipinski definition) is 2. The van der Waals surface area contributed by atoms with Crippen LogP contribution in [0.15, 0.2) is 15.9 Å². The van der Waals surface area contributed by atoms with Gasteiger partial charge in [-0.3, -0.25) is 0 Å². The van der Waals surface area contributed by atoms with Crippen molar-refractivity contribution in [3.63, 3.8) is 0 Å². The van der Waals surface area contributed by atoms with Crippen molar-refractivity contribution in [2.24, 2.45) is 5.73 Å². The van der Waals surface area contributed by atoms with Gasteiger partial charge >= 0.3 is 0 Å². The van der Waals surface area contributed by atoms with Crippen LogP contribution >= 0.6 is 27.3 Å². The van der Waals surface area contributed by atoms with Crippen molar-refractivity contribution in [2.45, 2.75) is 25.5 Å².